The molecule has 0 spiro atoms. The lowest BCUT2D eigenvalue weighted by Crippen LogP contribution is -2.18. The number of nitrogens with two attached hydrogens (primary N) is 1. The summed E-state index contributed by atoms with van der Waals surface area (Å²) in [5, 5.41) is 0.726. The van der Waals surface area contributed by atoms with Crippen LogP contribution in [-0.4, -0.2) is 12.0 Å². The lowest BCUT2D eigenvalue weighted by Gasteiger charge is -2.19. The topological polar surface area (TPSA) is 42.2 Å². The fourth-order valence-electron chi connectivity index (χ4n) is 1.78. The maximum absolute atomic E-state index is 6.16. The normalized spacial score (nSPS) is 10.4. The summed E-state index contributed by atoms with van der Waals surface area (Å²) in [4.78, 5) is 6.39. The molecule has 0 aliphatic heterocycles. The second kappa shape index (κ2) is 5.27. The van der Waals surface area contributed by atoms with Crippen LogP contribution in [-0.2, 0) is 6.54 Å². The zero-order valence-corrected chi connectivity index (χ0v) is 11.3. The van der Waals surface area contributed by atoms with Crippen molar-refractivity contribution in [1.29, 1.82) is 0 Å². The van der Waals surface area contributed by atoms with Crippen molar-refractivity contribution in [2.24, 2.45) is 0 Å². The fraction of sp³-hybridized carbons (Fsp3) is 0.214. The second-order valence-electron chi connectivity index (χ2n) is 4.40. The standard InChI is InChI=1S/C14H16ClN3/c1-10-5-6-17-14(7-10)18(2)9-11-8-12(16)3-4-13(11)15/h3-8H,9,16H2,1-2H3. The second-order valence-corrected chi connectivity index (χ2v) is 4.81. The number of hydrogen-bond acceptors (Lipinski definition) is 3. The van der Waals surface area contributed by atoms with E-state index in [2.05, 4.69) is 4.98 Å². The molecule has 1 aromatic heterocycles. The van der Waals surface area contributed by atoms with E-state index >= 15 is 0 Å². The molecule has 0 aliphatic carbocycles. The van der Waals surface area contributed by atoms with Crippen LogP contribution in [0.25, 0.3) is 0 Å². The monoisotopic (exact) mass is 261 g/mol. The number of hydrogen-bond donors (Lipinski definition) is 1. The molecule has 2 rings (SSSR count). The first-order valence-electron chi connectivity index (χ1n) is 5.74. The van der Waals surface area contributed by atoms with Gasteiger partial charge in [-0.25, -0.2) is 4.98 Å². The summed E-state index contributed by atoms with van der Waals surface area (Å²) in [7, 11) is 1.99. The molecular formula is C14H16ClN3. The third-order valence-corrected chi connectivity index (χ3v) is 3.14. The number of aromatic nitrogens is 1. The van der Waals surface area contributed by atoms with Gasteiger partial charge in [0.2, 0.25) is 0 Å². The van der Waals surface area contributed by atoms with Gasteiger partial charge >= 0.3 is 0 Å². The van der Waals surface area contributed by atoms with Crippen LogP contribution >= 0.6 is 11.6 Å². The van der Waals surface area contributed by atoms with E-state index in [0.29, 0.717) is 6.54 Å². The molecular weight excluding hydrogens is 246 g/mol. The Morgan fingerprint density at radius 1 is 1.28 bits per heavy atom. The van der Waals surface area contributed by atoms with Gasteiger partial charge in [0, 0.05) is 30.5 Å². The van der Waals surface area contributed by atoms with E-state index in [0.717, 1.165) is 22.1 Å². The first-order valence-corrected chi connectivity index (χ1v) is 6.12. The maximum Gasteiger partial charge on any atom is 0.128 e. The lowest BCUT2D eigenvalue weighted by molar-refractivity contribution is 0.897. The molecule has 4 heteroatoms. The van der Waals surface area contributed by atoms with E-state index in [4.69, 9.17) is 17.3 Å². The summed E-state index contributed by atoms with van der Waals surface area (Å²) in [6.07, 6.45) is 1.81. The number of benzene rings is 1. The first-order chi connectivity index (χ1) is 8.56. The smallest absolute Gasteiger partial charge is 0.128 e. The Morgan fingerprint density at radius 3 is 2.78 bits per heavy atom. The highest BCUT2D eigenvalue weighted by Crippen LogP contribution is 2.22. The van der Waals surface area contributed by atoms with Crippen molar-refractivity contribution >= 4 is 23.1 Å². The van der Waals surface area contributed by atoms with Gasteiger partial charge in [0.05, 0.1) is 0 Å². The molecule has 0 atom stereocenters. The summed E-state index contributed by atoms with van der Waals surface area (Å²) >= 11 is 6.16. The van der Waals surface area contributed by atoms with Crippen LogP contribution in [0.1, 0.15) is 11.1 Å². The minimum atomic E-state index is 0.681. The maximum atomic E-state index is 6.16. The highest BCUT2D eigenvalue weighted by Gasteiger charge is 2.07. The number of nitrogen functional groups attached to an aromatic ring is 1. The van der Waals surface area contributed by atoms with Gasteiger partial charge < -0.3 is 10.6 Å². The fourth-order valence-corrected chi connectivity index (χ4v) is 1.96. The van der Waals surface area contributed by atoms with Crippen molar-refractivity contribution < 1.29 is 0 Å². The van der Waals surface area contributed by atoms with Gasteiger partial charge in [-0.05, 0) is 48.4 Å². The van der Waals surface area contributed by atoms with Crippen molar-refractivity contribution in [2.75, 3.05) is 17.7 Å². The summed E-state index contributed by atoms with van der Waals surface area (Å²) in [6.45, 7) is 2.73. The summed E-state index contributed by atoms with van der Waals surface area (Å²) in [5.41, 5.74) is 8.68. The third kappa shape index (κ3) is 2.93. The van der Waals surface area contributed by atoms with Crippen LogP contribution in [0.5, 0.6) is 0 Å². The summed E-state index contributed by atoms with van der Waals surface area (Å²) in [6, 6.07) is 9.54. The predicted octanol–water partition coefficient (Wildman–Crippen LogP) is 3.26. The van der Waals surface area contributed by atoms with E-state index < -0.39 is 0 Å². The lowest BCUT2D eigenvalue weighted by atomic mass is 10.2. The van der Waals surface area contributed by atoms with Crippen molar-refractivity contribution in [1.82, 2.24) is 4.98 Å². The Balaban J connectivity index is 2.21. The van der Waals surface area contributed by atoms with Gasteiger partial charge in [-0.1, -0.05) is 11.6 Å². The van der Waals surface area contributed by atoms with E-state index in [1.165, 1.54) is 5.56 Å². The van der Waals surface area contributed by atoms with Crippen molar-refractivity contribution in [3.8, 4) is 0 Å². The van der Waals surface area contributed by atoms with Crippen molar-refractivity contribution in [3.05, 3.63) is 52.7 Å². The number of rotatable bonds is 3. The summed E-state index contributed by atoms with van der Waals surface area (Å²) < 4.78 is 0. The molecule has 1 aromatic carbocycles. The highest BCUT2D eigenvalue weighted by molar-refractivity contribution is 6.31. The minimum Gasteiger partial charge on any atom is -0.399 e. The van der Waals surface area contributed by atoms with E-state index in [1.807, 2.05) is 49.3 Å². The first kappa shape index (κ1) is 12.7. The number of anilines is 2. The highest BCUT2D eigenvalue weighted by atomic mass is 35.5. The van der Waals surface area contributed by atoms with Crippen LogP contribution in [0.15, 0.2) is 36.5 Å². The van der Waals surface area contributed by atoms with Gasteiger partial charge in [0.1, 0.15) is 5.82 Å². The SMILES string of the molecule is Cc1ccnc(N(C)Cc2cc(N)ccc2Cl)c1. The average molecular weight is 262 g/mol. The molecule has 0 unspecified atom stereocenters. The largest absolute Gasteiger partial charge is 0.399 e. The van der Waals surface area contributed by atoms with E-state index in [1.54, 1.807) is 6.07 Å². The molecule has 18 heavy (non-hydrogen) atoms. The Kier molecular flexibility index (Phi) is 3.72. The molecule has 2 aromatic rings. The van der Waals surface area contributed by atoms with Gasteiger partial charge in [-0.3, -0.25) is 0 Å². The quantitative estimate of drug-likeness (QED) is 0.863. The van der Waals surface area contributed by atoms with Crippen molar-refractivity contribution in [3.63, 3.8) is 0 Å². The number of pyridine rings is 1. The molecule has 0 saturated carbocycles. The molecule has 0 amide bonds. The zero-order chi connectivity index (χ0) is 13.1. The Hall–Kier alpha value is -1.74. The van der Waals surface area contributed by atoms with Gasteiger partial charge in [0.15, 0.2) is 0 Å². The molecule has 94 valence electrons. The molecule has 3 nitrogen and oxygen atoms in total. The predicted molar refractivity (Wildman–Crippen MR) is 76.9 cm³/mol. The Labute approximate surface area is 112 Å². The Morgan fingerprint density at radius 2 is 2.06 bits per heavy atom. The summed E-state index contributed by atoms with van der Waals surface area (Å²) in [5.74, 6) is 0.925. The molecule has 0 aliphatic rings. The van der Waals surface area contributed by atoms with Crippen LogP contribution in [0.4, 0.5) is 11.5 Å². The van der Waals surface area contributed by atoms with Gasteiger partial charge in [-0.2, -0.15) is 0 Å². The molecule has 0 radical (unpaired) electrons. The molecule has 0 saturated heterocycles. The minimum absolute atomic E-state index is 0.681. The van der Waals surface area contributed by atoms with Crippen LogP contribution in [0.3, 0.4) is 0 Å². The molecule has 1 heterocycles. The zero-order valence-electron chi connectivity index (χ0n) is 10.5. The molecule has 2 N–H and O–H groups in total. The molecule has 0 bridgehead atoms. The molecule has 0 fully saturated rings. The average Bonchev–Trinajstić information content (AvgIpc) is 2.34. The van der Waals surface area contributed by atoms with E-state index in [-0.39, 0.29) is 0 Å². The van der Waals surface area contributed by atoms with Gasteiger partial charge in [0.25, 0.3) is 0 Å². The van der Waals surface area contributed by atoms with Crippen molar-refractivity contribution in [2.45, 2.75) is 13.5 Å². The van der Waals surface area contributed by atoms with Gasteiger partial charge in [-0.15, -0.1) is 0 Å². The number of aryl methyl sites for hydroxylation is 1. The van der Waals surface area contributed by atoms with E-state index in [9.17, 15) is 0 Å². The third-order valence-electron chi connectivity index (χ3n) is 2.77. The number of nitrogens with zero attached hydrogens (tertiary/aromatic N) is 2. The van der Waals surface area contributed by atoms with Crippen LogP contribution < -0.4 is 10.6 Å². The number of halogens is 1. The van der Waals surface area contributed by atoms with Crippen LogP contribution in [0.2, 0.25) is 5.02 Å². The Bertz CT molecular complexity index is 554. The van der Waals surface area contributed by atoms with Crippen LogP contribution in [0, 0.1) is 6.92 Å².